The normalized spacial score (nSPS) is 12.0. The van der Waals surface area contributed by atoms with E-state index in [2.05, 4.69) is 15.5 Å². The number of aryl methyl sites for hydroxylation is 2. The third kappa shape index (κ3) is 4.41. The lowest BCUT2D eigenvalue weighted by molar-refractivity contribution is -0.385. The van der Waals surface area contributed by atoms with Crippen molar-refractivity contribution in [2.75, 3.05) is 5.32 Å². The molecule has 0 aliphatic carbocycles. The summed E-state index contributed by atoms with van der Waals surface area (Å²) >= 11 is 12.4. The zero-order chi connectivity index (χ0) is 21.3. The maximum atomic E-state index is 12.6. The van der Waals surface area contributed by atoms with Gasteiger partial charge in [-0.3, -0.25) is 24.3 Å². The summed E-state index contributed by atoms with van der Waals surface area (Å²) in [4.78, 5) is 23.0. The van der Waals surface area contributed by atoms with Gasteiger partial charge in [0.2, 0.25) is 5.91 Å². The number of nitrogens with one attached hydrogen (secondary N) is 1. The van der Waals surface area contributed by atoms with E-state index in [1.54, 1.807) is 35.9 Å². The van der Waals surface area contributed by atoms with Crippen molar-refractivity contribution in [3.05, 3.63) is 67.6 Å². The predicted octanol–water partition coefficient (Wildman–Crippen LogP) is 4.16. The van der Waals surface area contributed by atoms with Crippen LogP contribution >= 0.6 is 23.2 Å². The van der Waals surface area contributed by atoms with Crippen molar-refractivity contribution in [2.24, 2.45) is 0 Å². The number of carbonyl (C=O) groups is 1. The number of nitro groups is 1. The van der Waals surface area contributed by atoms with Crippen LogP contribution in [0.2, 0.25) is 10.0 Å². The van der Waals surface area contributed by atoms with Gasteiger partial charge in [-0.05, 0) is 32.9 Å². The second-order valence-corrected chi connectivity index (χ2v) is 7.35. The summed E-state index contributed by atoms with van der Waals surface area (Å²) in [6, 6.07) is 6.21. The molecular formula is C18H18Cl2N6O3. The van der Waals surface area contributed by atoms with E-state index >= 15 is 0 Å². The quantitative estimate of drug-likeness (QED) is 0.460. The van der Waals surface area contributed by atoms with Crippen LogP contribution in [0.4, 0.5) is 11.5 Å². The number of nitrogens with zero attached hydrogens (tertiary/aromatic N) is 5. The van der Waals surface area contributed by atoms with Crippen LogP contribution < -0.4 is 5.32 Å². The monoisotopic (exact) mass is 436 g/mol. The molecule has 0 radical (unpaired) electrons. The third-order valence-electron chi connectivity index (χ3n) is 4.47. The van der Waals surface area contributed by atoms with Gasteiger partial charge in [0.05, 0.1) is 11.5 Å². The number of amides is 1. The lowest BCUT2D eigenvalue weighted by Crippen LogP contribution is -2.24. The first kappa shape index (κ1) is 20.8. The van der Waals surface area contributed by atoms with Gasteiger partial charge in [0.15, 0.2) is 5.82 Å². The minimum Gasteiger partial charge on any atom is -0.307 e. The smallest absolute Gasteiger partial charge is 0.307 e. The maximum Gasteiger partial charge on any atom is 0.309 e. The molecule has 0 aliphatic rings. The van der Waals surface area contributed by atoms with E-state index in [-0.39, 0.29) is 11.4 Å². The van der Waals surface area contributed by atoms with E-state index in [4.69, 9.17) is 23.2 Å². The first-order valence-corrected chi connectivity index (χ1v) is 9.41. The van der Waals surface area contributed by atoms with Crippen molar-refractivity contribution in [3.8, 4) is 0 Å². The molecule has 152 valence electrons. The molecule has 29 heavy (non-hydrogen) atoms. The van der Waals surface area contributed by atoms with Crippen molar-refractivity contribution in [1.82, 2.24) is 19.6 Å². The molecule has 2 heterocycles. The van der Waals surface area contributed by atoms with Crippen molar-refractivity contribution >= 4 is 40.6 Å². The number of hydrogen-bond acceptors (Lipinski definition) is 5. The molecule has 11 heteroatoms. The summed E-state index contributed by atoms with van der Waals surface area (Å²) in [5.74, 6) is -0.0521. The fraction of sp³-hybridized carbons (Fsp3) is 0.278. The van der Waals surface area contributed by atoms with E-state index in [1.165, 1.54) is 17.8 Å². The molecule has 3 rings (SSSR count). The Morgan fingerprint density at radius 3 is 2.52 bits per heavy atom. The van der Waals surface area contributed by atoms with E-state index in [0.29, 0.717) is 22.4 Å². The third-order valence-corrected chi connectivity index (χ3v) is 5.17. The number of anilines is 1. The van der Waals surface area contributed by atoms with Crippen LogP contribution in [0.25, 0.3) is 0 Å². The molecule has 1 amide bonds. The number of aromatic nitrogens is 4. The summed E-state index contributed by atoms with van der Waals surface area (Å²) in [7, 11) is 0. The van der Waals surface area contributed by atoms with Crippen LogP contribution in [0.3, 0.4) is 0 Å². The minimum atomic E-state index is -0.758. The van der Waals surface area contributed by atoms with Gasteiger partial charge in [-0.1, -0.05) is 29.3 Å². The number of carbonyl (C=O) groups excluding carboxylic acids is 1. The zero-order valence-electron chi connectivity index (χ0n) is 15.9. The number of benzene rings is 1. The van der Waals surface area contributed by atoms with Crippen LogP contribution in [-0.2, 0) is 11.3 Å². The Kier molecular flexibility index (Phi) is 5.90. The second-order valence-electron chi connectivity index (χ2n) is 6.53. The highest BCUT2D eigenvalue weighted by Gasteiger charge is 2.23. The molecule has 0 aliphatic heterocycles. The van der Waals surface area contributed by atoms with E-state index in [0.717, 1.165) is 11.3 Å². The lowest BCUT2D eigenvalue weighted by Gasteiger charge is -2.11. The van der Waals surface area contributed by atoms with Crippen molar-refractivity contribution in [1.29, 1.82) is 0 Å². The van der Waals surface area contributed by atoms with Crippen LogP contribution in [-0.4, -0.2) is 30.4 Å². The molecule has 1 aromatic carbocycles. The van der Waals surface area contributed by atoms with Gasteiger partial charge in [-0.15, -0.1) is 0 Å². The number of hydrogen-bond donors (Lipinski definition) is 1. The highest BCUT2D eigenvalue weighted by Crippen LogP contribution is 2.26. The van der Waals surface area contributed by atoms with Crippen molar-refractivity contribution < 1.29 is 9.72 Å². The van der Waals surface area contributed by atoms with E-state index in [9.17, 15) is 14.9 Å². The molecule has 0 bridgehead atoms. The number of halogens is 2. The summed E-state index contributed by atoms with van der Waals surface area (Å²) in [5, 5.41) is 23.2. The van der Waals surface area contributed by atoms with Gasteiger partial charge in [-0.25, -0.2) is 0 Å². The van der Waals surface area contributed by atoms with E-state index in [1.807, 2.05) is 6.92 Å². The molecule has 0 fully saturated rings. The topological polar surface area (TPSA) is 108 Å². The Morgan fingerprint density at radius 2 is 1.93 bits per heavy atom. The van der Waals surface area contributed by atoms with Gasteiger partial charge in [0.25, 0.3) is 0 Å². The highest BCUT2D eigenvalue weighted by atomic mass is 35.5. The molecule has 0 saturated heterocycles. The fourth-order valence-corrected chi connectivity index (χ4v) is 3.28. The van der Waals surface area contributed by atoms with Gasteiger partial charge in [0, 0.05) is 27.4 Å². The van der Waals surface area contributed by atoms with E-state index < -0.39 is 16.9 Å². The first-order chi connectivity index (χ1) is 13.7. The lowest BCUT2D eigenvalue weighted by atomic mass is 10.2. The average molecular weight is 437 g/mol. The molecule has 3 aromatic rings. The Morgan fingerprint density at radius 1 is 1.28 bits per heavy atom. The number of rotatable bonds is 6. The largest absolute Gasteiger partial charge is 0.309 e. The van der Waals surface area contributed by atoms with Crippen LogP contribution in [0.15, 0.2) is 30.5 Å². The molecule has 1 atom stereocenters. The molecule has 1 N–H and O–H groups in total. The standard InChI is InChI=1S/C18H18Cl2N6O3/c1-10-7-17(23-24(10)8-13-14(19)5-4-6-15(13)20)21-18(27)12(3)25-9-16(26(28)29)11(2)22-25/h4-7,9,12H,8H2,1-3H3,(H,21,23,27). The van der Waals surface area contributed by atoms with Crippen molar-refractivity contribution in [3.63, 3.8) is 0 Å². The van der Waals surface area contributed by atoms with Crippen LogP contribution in [0.5, 0.6) is 0 Å². The minimum absolute atomic E-state index is 0.138. The summed E-state index contributed by atoms with van der Waals surface area (Å²) < 4.78 is 2.94. The molecule has 0 saturated carbocycles. The van der Waals surface area contributed by atoms with Gasteiger partial charge >= 0.3 is 5.69 Å². The van der Waals surface area contributed by atoms with Crippen LogP contribution in [0.1, 0.15) is 29.9 Å². The Hall–Kier alpha value is -2.91. The van der Waals surface area contributed by atoms with Crippen LogP contribution in [0, 0.1) is 24.0 Å². The summed E-state index contributed by atoms with van der Waals surface area (Å²) in [6.45, 7) is 5.31. The molecular weight excluding hydrogens is 419 g/mol. The Bertz CT molecular complexity index is 1070. The zero-order valence-corrected chi connectivity index (χ0v) is 17.4. The maximum absolute atomic E-state index is 12.6. The molecule has 1 unspecified atom stereocenters. The Balaban J connectivity index is 1.75. The summed E-state index contributed by atoms with van der Waals surface area (Å²) in [6.07, 6.45) is 1.24. The molecule has 0 spiro atoms. The average Bonchev–Trinajstić information content (AvgIpc) is 3.20. The highest BCUT2D eigenvalue weighted by molar-refractivity contribution is 6.35. The Labute approximate surface area is 176 Å². The van der Waals surface area contributed by atoms with Gasteiger partial charge < -0.3 is 5.32 Å². The molecule has 9 nitrogen and oxygen atoms in total. The fourth-order valence-electron chi connectivity index (χ4n) is 2.76. The predicted molar refractivity (Wildman–Crippen MR) is 109 cm³/mol. The van der Waals surface area contributed by atoms with Crippen molar-refractivity contribution in [2.45, 2.75) is 33.4 Å². The summed E-state index contributed by atoms with van der Waals surface area (Å²) in [5.41, 5.74) is 1.63. The van der Waals surface area contributed by atoms with Gasteiger partial charge in [0.1, 0.15) is 17.9 Å². The second kappa shape index (κ2) is 8.22. The molecule has 2 aromatic heterocycles. The van der Waals surface area contributed by atoms with Gasteiger partial charge in [-0.2, -0.15) is 10.2 Å². The SMILES string of the molecule is Cc1nn(C(C)C(=O)Nc2cc(C)n(Cc3c(Cl)cccc3Cl)n2)cc1[N+](=O)[O-]. The first-order valence-electron chi connectivity index (χ1n) is 8.65.